The van der Waals surface area contributed by atoms with Crippen LogP contribution in [-0.2, 0) is 0 Å². The summed E-state index contributed by atoms with van der Waals surface area (Å²) in [5.41, 5.74) is 2.42. The third-order valence-corrected chi connectivity index (χ3v) is 3.01. The average Bonchev–Trinajstić information content (AvgIpc) is 2.40. The number of anilines is 1. The summed E-state index contributed by atoms with van der Waals surface area (Å²) in [5.74, 6) is 1.29. The monoisotopic (exact) mass is 262 g/mol. The molecule has 5 nitrogen and oxygen atoms in total. The maximum atomic E-state index is 5.41. The number of nitrogens with one attached hydrogen (secondary N) is 2. The van der Waals surface area contributed by atoms with Gasteiger partial charge in [-0.3, -0.25) is 0 Å². The minimum atomic E-state index is 0.621. The van der Waals surface area contributed by atoms with E-state index in [4.69, 9.17) is 4.74 Å². The van der Waals surface area contributed by atoms with Gasteiger partial charge in [0.1, 0.15) is 0 Å². The third kappa shape index (κ3) is 4.52. The van der Waals surface area contributed by atoms with Crippen LogP contribution in [0.15, 0.2) is 17.7 Å². The van der Waals surface area contributed by atoms with E-state index in [-0.39, 0.29) is 0 Å². The molecule has 1 aliphatic heterocycles. The first-order valence-electron chi connectivity index (χ1n) is 6.89. The molecule has 1 aromatic rings. The molecule has 1 aromatic heterocycles. The van der Waals surface area contributed by atoms with Crippen molar-refractivity contribution in [2.75, 3.05) is 31.6 Å². The van der Waals surface area contributed by atoms with E-state index in [0.717, 1.165) is 38.2 Å². The SMILES string of the molecule is CCOc1cc(C)nc(NCCC2=CCNCC2)n1. The number of aryl methyl sites for hydroxylation is 1. The molecule has 0 fully saturated rings. The molecule has 1 aliphatic rings. The lowest BCUT2D eigenvalue weighted by molar-refractivity contribution is 0.326. The summed E-state index contributed by atoms with van der Waals surface area (Å²) >= 11 is 0. The van der Waals surface area contributed by atoms with Crippen LogP contribution in [-0.4, -0.2) is 36.2 Å². The van der Waals surface area contributed by atoms with Crippen LogP contribution in [0, 0.1) is 6.92 Å². The Balaban J connectivity index is 1.86. The number of hydrogen-bond donors (Lipinski definition) is 2. The molecule has 0 aliphatic carbocycles. The largest absolute Gasteiger partial charge is 0.478 e. The van der Waals surface area contributed by atoms with Gasteiger partial charge in [-0.1, -0.05) is 11.6 Å². The van der Waals surface area contributed by atoms with Crippen LogP contribution >= 0.6 is 0 Å². The van der Waals surface area contributed by atoms with E-state index in [2.05, 4.69) is 26.7 Å². The van der Waals surface area contributed by atoms with Crippen LogP contribution in [0.4, 0.5) is 5.95 Å². The third-order valence-electron chi connectivity index (χ3n) is 3.01. The van der Waals surface area contributed by atoms with Gasteiger partial charge in [-0.15, -0.1) is 0 Å². The van der Waals surface area contributed by atoms with Crippen molar-refractivity contribution in [2.24, 2.45) is 0 Å². The summed E-state index contributed by atoms with van der Waals surface area (Å²) < 4.78 is 5.41. The Labute approximate surface area is 114 Å². The highest BCUT2D eigenvalue weighted by atomic mass is 16.5. The number of ether oxygens (including phenoxy) is 1. The van der Waals surface area contributed by atoms with Crippen molar-refractivity contribution in [3.63, 3.8) is 0 Å². The van der Waals surface area contributed by atoms with Crippen LogP contribution in [0.3, 0.4) is 0 Å². The summed E-state index contributed by atoms with van der Waals surface area (Å²) in [4.78, 5) is 8.69. The molecule has 0 unspecified atom stereocenters. The zero-order valence-electron chi connectivity index (χ0n) is 11.7. The van der Waals surface area contributed by atoms with Gasteiger partial charge in [-0.2, -0.15) is 4.98 Å². The van der Waals surface area contributed by atoms with Crippen molar-refractivity contribution in [2.45, 2.75) is 26.7 Å². The molecule has 5 heteroatoms. The smallest absolute Gasteiger partial charge is 0.226 e. The fourth-order valence-corrected chi connectivity index (χ4v) is 2.07. The second-order valence-electron chi connectivity index (χ2n) is 4.60. The van der Waals surface area contributed by atoms with Gasteiger partial charge >= 0.3 is 0 Å². The summed E-state index contributed by atoms with van der Waals surface area (Å²) in [6, 6.07) is 1.85. The summed E-state index contributed by atoms with van der Waals surface area (Å²) in [6.07, 6.45) is 4.46. The molecular weight excluding hydrogens is 240 g/mol. The van der Waals surface area contributed by atoms with Crippen LogP contribution in [0.5, 0.6) is 5.88 Å². The maximum absolute atomic E-state index is 5.41. The van der Waals surface area contributed by atoms with E-state index < -0.39 is 0 Å². The van der Waals surface area contributed by atoms with E-state index in [1.54, 1.807) is 0 Å². The first kappa shape index (κ1) is 13.8. The molecule has 0 saturated carbocycles. The zero-order valence-corrected chi connectivity index (χ0v) is 11.7. The van der Waals surface area contributed by atoms with Gasteiger partial charge in [0.2, 0.25) is 11.8 Å². The van der Waals surface area contributed by atoms with Crippen LogP contribution in [0.2, 0.25) is 0 Å². The Kier molecular flexibility index (Phi) is 5.15. The normalized spacial score (nSPS) is 14.9. The lowest BCUT2D eigenvalue weighted by Crippen LogP contribution is -2.21. The molecule has 0 bridgehead atoms. The van der Waals surface area contributed by atoms with Crippen LogP contribution in [0.1, 0.15) is 25.5 Å². The Morgan fingerprint density at radius 1 is 1.42 bits per heavy atom. The molecule has 0 radical (unpaired) electrons. The Morgan fingerprint density at radius 3 is 3.05 bits per heavy atom. The van der Waals surface area contributed by atoms with E-state index in [1.807, 2.05) is 19.9 Å². The number of nitrogens with zero attached hydrogens (tertiary/aromatic N) is 2. The molecular formula is C14H22N4O. The fraction of sp³-hybridized carbons (Fsp3) is 0.571. The molecule has 0 amide bonds. The molecule has 0 spiro atoms. The second kappa shape index (κ2) is 7.09. The number of aromatic nitrogens is 2. The van der Waals surface area contributed by atoms with Crippen molar-refractivity contribution in [1.82, 2.24) is 15.3 Å². The summed E-state index contributed by atoms with van der Waals surface area (Å²) in [5, 5.41) is 6.58. The zero-order chi connectivity index (χ0) is 13.5. The van der Waals surface area contributed by atoms with E-state index in [9.17, 15) is 0 Å². The maximum Gasteiger partial charge on any atom is 0.226 e. The predicted molar refractivity (Wildman–Crippen MR) is 76.6 cm³/mol. The van der Waals surface area contributed by atoms with Crippen molar-refractivity contribution in [3.05, 3.63) is 23.4 Å². The predicted octanol–water partition coefficient (Wildman–Crippen LogP) is 1.91. The lowest BCUT2D eigenvalue weighted by atomic mass is 10.1. The van der Waals surface area contributed by atoms with Crippen molar-refractivity contribution >= 4 is 5.95 Å². The molecule has 2 rings (SSSR count). The highest BCUT2D eigenvalue weighted by Gasteiger charge is 2.05. The number of rotatable bonds is 6. The summed E-state index contributed by atoms with van der Waals surface area (Å²) in [7, 11) is 0. The fourth-order valence-electron chi connectivity index (χ4n) is 2.07. The topological polar surface area (TPSA) is 59.1 Å². The Bertz CT molecular complexity index is 445. The molecule has 0 aromatic carbocycles. The van der Waals surface area contributed by atoms with Gasteiger partial charge in [0.25, 0.3) is 0 Å². The quantitative estimate of drug-likeness (QED) is 0.767. The minimum absolute atomic E-state index is 0.621. The molecule has 0 atom stereocenters. The highest BCUT2D eigenvalue weighted by Crippen LogP contribution is 2.13. The lowest BCUT2D eigenvalue weighted by Gasteiger charge is -2.14. The molecule has 104 valence electrons. The van der Waals surface area contributed by atoms with E-state index >= 15 is 0 Å². The second-order valence-corrected chi connectivity index (χ2v) is 4.60. The van der Waals surface area contributed by atoms with Crippen molar-refractivity contribution < 1.29 is 4.74 Å². The standard InChI is InChI=1S/C14H22N4O/c1-3-19-13-10-11(2)17-14(18-13)16-9-6-12-4-7-15-8-5-12/h4,10,15H,3,5-9H2,1-2H3,(H,16,17,18). The van der Waals surface area contributed by atoms with Crippen LogP contribution < -0.4 is 15.4 Å². The van der Waals surface area contributed by atoms with E-state index in [1.165, 1.54) is 5.57 Å². The Hall–Kier alpha value is -1.62. The minimum Gasteiger partial charge on any atom is -0.478 e. The molecule has 2 N–H and O–H groups in total. The van der Waals surface area contributed by atoms with Gasteiger partial charge < -0.3 is 15.4 Å². The van der Waals surface area contributed by atoms with Gasteiger partial charge in [0.15, 0.2) is 0 Å². The summed E-state index contributed by atoms with van der Waals surface area (Å²) in [6.45, 7) is 7.46. The highest BCUT2D eigenvalue weighted by molar-refractivity contribution is 5.30. The molecule has 0 saturated heterocycles. The van der Waals surface area contributed by atoms with Crippen molar-refractivity contribution in [1.29, 1.82) is 0 Å². The van der Waals surface area contributed by atoms with Gasteiger partial charge in [-0.05, 0) is 33.2 Å². The van der Waals surface area contributed by atoms with Gasteiger partial charge in [0, 0.05) is 24.8 Å². The molecule has 19 heavy (non-hydrogen) atoms. The molecule has 2 heterocycles. The van der Waals surface area contributed by atoms with Gasteiger partial charge in [-0.25, -0.2) is 4.98 Å². The van der Waals surface area contributed by atoms with E-state index in [0.29, 0.717) is 18.4 Å². The average molecular weight is 262 g/mol. The number of hydrogen-bond acceptors (Lipinski definition) is 5. The van der Waals surface area contributed by atoms with Crippen LogP contribution in [0.25, 0.3) is 0 Å². The first-order valence-corrected chi connectivity index (χ1v) is 6.89. The van der Waals surface area contributed by atoms with Gasteiger partial charge in [0.05, 0.1) is 6.61 Å². The Morgan fingerprint density at radius 2 is 2.32 bits per heavy atom. The first-order chi connectivity index (χ1) is 9.28. The van der Waals surface area contributed by atoms with Crippen molar-refractivity contribution in [3.8, 4) is 5.88 Å².